The summed E-state index contributed by atoms with van der Waals surface area (Å²) in [5.41, 5.74) is 4.57. The van der Waals surface area contributed by atoms with Crippen LogP contribution in [0.2, 0.25) is 0 Å². The fourth-order valence-corrected chi connectivity index (χ4v) is 5.03. The molecule has 3 atom stereocenters. The van der Waals surface area contributed by atoms with Crippen LogP contribution in [0.25, 0.3) is 27.7 Å². The first-order valence-electron chi connectivity index (χ1n) is 10.6. The highest BCUT2D eigenvalue weighted by molar-refractivity contribution is 5.96. The molecule has 1 fully saturated rings. The molecule has 3 aromatic rings. The highest BCUT2D eigenvalue weighted by Crippen LogP contribution is 2.40. The molecular formula is C24H26FN3O3. The zero-order valence-electron chi connectivity index (χ0n) is 17.4. The number of ether oxygens (including phenoxy) is 1. The molecule has 1 saturated heterocycles. The lowest BCUT2D eigenvalue weighted by Crippen LogP contribution is -2.43. The van der Waals surface area contributed by atoms with E-state index in [9.17, 15) is 14.6 Å². The maximum Gasteiger partial charge on any atom is 0.138 e. The Labute approximate surface area is 180 Å². The summed E-state index contributed by atoms with van der Waals surface area (Å²) in [6.07, 6.45) is 6.28. The van der Waals surface area contributed by atoms with E-state index in [1.165, 1.54) is 17.7 Å². The van der Waals surface area contributed by atoms with Crippen LogP contribution in [0.15, 0.2) is 42.6 Å². The van der Waals surface area contributed by atoms with E-state index in [4.69, 9.17) is 4.74 Å². The van der Waals surface area contributed by atoms with Crippen molar-refractivity contribution in [1.29, 1.82) is 0 Å². The number of fused-ring (bicyclic) bond motifs is 3. The Bertz CT molecular complexity index is 1140. The first-order valence-corrected chi connectivity index (χ1v) is 10.6. The standard InChI is InChI=1S/C24H26FN3O3/c1-31-23-5-2-15(25)10-20(23)19-6-7-26-24-21(19)11-22(27-24)14-8-16-3-4-17(9-14)28(16)12-18(30)13-29/h2,5-8,10-11,16-18,29-30H,3-4,9,12-13H2,1H3,(H,26,27). The van der Waals surface area contributed by atoms with Crippen LogP contribution < -0.4 is 4.74 Å². The molecule has 2 bridgehead atoms. The van der Waals surface area contributed by atoms with Gasteiger partial charge in [-0.15, -0.1) is 0 Å². The molecule has 7 heteroatoms. The summed E-state index contributed by atoms with van der Waals surface area (Å²) in [6.45, 7) is 0.278. The summed E-state index contributed by atoms with van der Waals surface area (Å²) < 4.78 is 19.4. The molecule has 3 unspecified atom stereocenters. The third-order valence-electron chi connectivity index (χ3n) is 6.50. The number of pyridine rings is 1. The molecule has 162 valence electrons. The van der Waals surface area contributed by atoms with E-state index < -0.39 is 6.10 Å². The molecule has 6 nitrogen and oxygen atoms in total. The molecule has 2 aliphatic heterocycles. The Balaban J connectivity index is 1.52. The minimum Gasteiger partial charge on any atom is -0.496 e. The smallest absolute Gasteiger partial charge is 0.138 e. The monoisotopic (exact) mass is 423 g/mol. The van der Waals surface area contributed by atoms with E-state index in [0.717, 1.165) is 41.6 Å². The largest absolute Gasteiger partial charge is 0.496 e. The van der Waals surface area contributed by atoms with Crippen LogP contribution in [-0.2, 0) is 0 Å². The van der Waals surface area contributed by atoms with Crippen molar-refractivity contribution in [2.75, 3.05) is 20.3 Å². The van der Waals surface area contributed by atoms with Gasteiger partial charge in [-0.25, -0.2) is 9.37 Å². The molecule has 31 heavy (non-hydrogen) atoms. The predicted molar refractivity (Wildman–Crippen MR) is 117 cm³/mol. The first-order chi connectivity index (χ1) is 15.1. The Morgan fingerprint density at radius 1 is 1.26 bits per heavy atom. The van der Waals surface area contributed by atoms with Crippen molar-refractivity contribution in [1.82, 2.24) is 14.9 Å². The molecule has 0 radical (unpaired) electrons. The molecular weight excluding hydrogens is 397 g/mol. The molecule has 2 aliphatic rings. The van der Waals surface area contributed by atoms with Gasteiger partial charge >= 0.3 is 0 Å². The van der Waals surface area contributed by atoms with Crippen LogP contribution in [0.3, 0.4) is 0 Å². The number of halogens is 1. The Kier molecular flexibility index (Phi) is 5.25. The summed E-state index contributed by atoms with van der Waals surface area (Å²) in [7, 11) is 1.58. The number of nitrogens with zero attached hydrogens (tertiary/aromatic N) is 2. The third kappa shape index (κ3) is 3.63. The summed E-state index contributed by atoms with van der Waals surface area (Å²) in [4.78, 5) is 10.2. The number of nitrogens with one attached hydrogen (secondary N) is 1. The topological polar surface area (TPSA) is 81.6 Å². The zero-order chi connectivity index (χ0) is 21.5. The molecule has 0 saturated carbocycles. The lowest BCUT2D eigenvalue weighted by atomic mass is 9.97. The number of aromatic amines is 1. The van der Waals surface area contributed by atoms with Gasteiger partial charge in [-0.1, -0.05) is 6.08 Å². The van der Waals surface area contributed by atoms with Crippen molar-refractivity contribution in [2.45, 2.75) is 37.5 Å². The minimum atomic E-state index is -0.709. The van der Waals surface area contributed by atoms with E-state index in [1.54, 1.807) is 19.4 Å². The number of benzene rings is 1. The van der Waals surface area contributed by atoms with E-state index in [0.29, 0.717) is 23.9 Å². The Morgan fingerprint density at radius 3 is 2.90 bits per heavy atom. The number of aliphatic hydroxyl groups is 2. The van der Waals surface area contributed by atoms with Gasteiger partial charge < -0.3 is 19.9 Å². The maximum atomic E-state index is 14.0. The summed E-state index contributed by atoms with van der Waals surface area (Å²) in [5, 5.41) is 20.0. The Morgan fingerprint density at radius 2 is 2.13 bits per heavy atom. The number of aromatic nitrogens is 2. The molecule has 0 aliphatic carbocycles. The van der Waals surface area contributed by atoms with Gasteiger partial charge in [0.1, 0.15) is 17.2 Å². The average Bonchev–Trinajstić information content (AvgIpc) is 3.30. The second kappa shape index (κ2) is 8.07. The van der Waals surface area contributed by atoms with Crippen LogP contribution in [0.5, 0.6) is 5.75 Å². The molecule has 3 N–H and O–H groups in total. The summed E-state index contributed by atoms with van der Waals surface area (Å²) in [6, 6.07) is 9.11. The summed E-state index contributed by atoms with van der Waals surface area (Å²) in [5.74, 6) is 0.304. The van der Waals surface area contributed by atoms with Crippen LogP contribution in [0, 0.1) is 5.82 Å². The lowest BCUT2D eigenvalue weighted by molar-refractivity contribution is 0.0467. The average molecular weight is 423 g/mol. The molecule has 0 amide bonds. The van der Waals surface area contributed by atoms with Gasteiger partial charge in [0, 0.05) is 41.5 Å². The minimum absolute atomic E-state index is 0.216. The van der Waals surface area contributed by atoms with E-state index >= 15 is 0 Å². The highest BCUT2D eigenvalue weighted by atomic mass is 19.1. The number of hydrogen-bond acceptors (Lipinski definition) is 5. The zero-order valence-corrected chi connectivity index (χ0v) is 17.4. The fraction of sp³-hybridized carbons (Fsp3) is 0.375. The van der Waals surface area contributed by atoms with Crippen molar-refractivity contribution in [3.05, 3.63) is 54.1 Å². The molecule has 5 rings (SSSR count). The van der Waals surface area contributed by atoms with Crippen LogP contribution >= 0.6 is 0 Å². The van der Waals surface area contributed by atoms with Crippen molar-refractivity contribution >= 4 is 16.6 Å². The Hall–Kier alpha value is -2.74. The van der Waals surface area contributed by atoms with Gasteiger partial charge in [0.05, 0.1) is 19.8 Å². The van der Waals surface area contributed by atoms with Crippen molar-refractivity contribution in [3.63, 3.8) is 0 Å². The highest BCUT2D eigenvalue weighted by Gasteiger charge is 2.37. The normalized spacial score (nSPS) is 22.0. The molecule has 0 spiro atoms. The van der Waals surface area contributed by atoms with Crippen LogP contribution in [-0.4, -0.2) is 63.5 Å². The SMILES string of the molecule is COc1ccc(F)cc1-c1ccnc2[nH]c(C3=CC4CCC(C3)N4CC(O)CO)cc12. The summed E-state index contributed by atoms with van der Waals surface area (Å²) >= 11 is 0. The van der Waals surface area contributed by atoms with Crippen LogP contribution in [0.4, 0.5) is 4.39 Å². The van der Waals surface area contributed by atoms with Gasteiger partial charge in [0.25, 0.3) is 0 Å². The molecule has 2 aromatic heterocycles. The van der Waals surface area contributed by atoms with E-state index in [1.807, 2.05) is 6.07 Å². The number of rotatable bonds is 6. The van der Waals surface area contributed by atoms with E-state index in [2.05, 4.69) is 27.0 Å². The number of aliphatic hydroxyl groups excluding tert-OH is 2. The van der Waals surface area contributed by atoms with Gasteiger partial charge in [-0.3, -0.25) is 4.90 Å². The van der Waals surface area contributed by atoms with Gasteiger partial charge in [0.2, 0.25) is 0 Å². The first kappa shape index (κ1) is 20.2. The fourth-order valence-electron chi connectivity index (χ4n) is 5.03. The van der Waals surface area contributed by atoms with Crippen molar-refractivity contribution < 1.29 is 19.3 Å². The van der Waals surface area contributed by atoms with Crippen LogP contribution in [0.1, 0.15) is 25.0 Å². The predicted octanol–water partition coefficient (Wildman–Crippen LogP) is 3.35. The third-order valence-corrected chi connectivity index (χ3v) is 6.50. The quantitative estimate of drug-likeness (QED) is 0.567. The number of H-pyrrole nitrogens is 1. The second-order valence-corrected chi connectivity index (χ2v) is 8.38. The van der Waals surface area contributed by atoms with Crippen molar-refractivity contribution in [3.8, 4) is 16.9 Å². The molecule has 4 heterocycles. The molecule has 1 aromatic carbocycles. The maximum absolute atomic E-state index is 14.0. The van der Waals surface area contributed by atoms with Gasteiger partial charge in [0.15, 0.2) is 0 Å². The van der Waals surface area contributed by atoms with Crippen molar-refractivity contribution in [2.24, 2.45) is 0 Å². The van der Waals surface area contributed by atoms with Gasteiger partial charge in [-0.2, -0.15) is 0 Å². The van der Waals surface area contributed by atoms with E-state index in [-0.39, 0.29) is 18.5 Å². The number of methoxy groups -OCH3 is 1. The number of hydrogen-bond donors (Lipinski definition) is 3. The van der Waals surface area contributed by atoms with Gasteiger partial charge in [-0.05, 0) is 60.7 Å². The second-order valence-electron chi connectivity index (χ2n) is 8.38. The lowest BCUT2D eigenvalue weighted by Gasteiger charge is -2.34.